The Morgan fingerprint density at radius 3 is 2.56 bits per heavy atom. The number of nitriles is 1. The predicted molar refractivity (Wildman–Crippen MR) is 96.1 cm³/mol. The van der Waals surface area contributed by atoms with Crippen molar-refractivity contribution in [2.24, 2.45) is 0 Å². The number of rotatable bonds is 6. The van der Waals surface area contributed by atoms with E-state index in [9.17, 15) is 9.18 Å². The summed E-state index contributed by atoms with van der Waals surface area (Å²) in [5.41, 5.74) is 2.47. The summed E-state index contributed by atoms with van der Waals surface area (Å²) in [6.45, 7) is 4.50. The Bertz CT molecular complexity index is 804. The molecule has 2 rings (SSSR count). The van der Waals surface area contributed by atoms with Gasteiger partial charge in [0, 0.05) is 18.4 Å². The molecule has 0 atom stereocenters. The molecule has 0 aliphatic rings. The SMILES string of the molecule is CC(C)c1ccc(NC(=O)/C(C#N)=C\NCc2cccc(F)c2)cc1. The van der Waals surface area contributed by atoms with Crippen molar-refractivity contribution in [3.8, 4) is 6.07 Å². The lowest BCUT2D eigenvalue weighted by Crippen LogP contribution is -2.16. The predicted octanol–water partition coefficient (Wildman–Crippen LogP) is 4.08. The van der Waals surface area contributed by atoms with Gasteiger partial charge >= 0.3 is 0 Å². The summed E-state index contributed by atoms with van der Waals surface area (Å²) in [5, 5.41) is 14.7. The van der Waals surface area contributed by atoms with Crippen LogP contribution >= 0.6 is 0 Å². The highest BCUT2D eigenvalue weighted by molar-refractivity contribution is 6.06. The van der Waals surface area contributed by atoms with Gasteiger partial charge in [-0.1, -0.05) is 38.1 Å². The fourth-order valence-corrected chi connectivity index (χ4v) is 2.22. The summed E-state index contributed by atoms with van der Waals surface area (Å²) in [6.07, 6.45) is 1.34. The molecular formula is C20H20FN3O. The lowest BCUT2D eigenvalue weighted by molar-refractivity contribution is -0.112. The van der Waals surface area contributed by atoms with E-state index in [1.807, 2.05) is 30.3 Å². The van der Waals surface area contributed by atoms with Crippen LogP contribution in [0.2, 0.25) is 0 Å². The molecular weight excluding hydrogens is 317 g/mol. The van der Waals surface area contributed by atoms with Crippen molar-refractivity contribution in [2.75, 3.05) is 5.32 Å². The van der Waals surface area contributed by atoms with E-state index in [4.69, 9.17) is 5.26 Å². The molecule has 0 aliphatic heterocycles. The molecule has 0 radical (unpaired) electrons. The van der Waals surface area contributed by atoms with Gasteiger partial charge in [-0.3, -0.25) is 4.79 Å². The molecule has 128 valence electrons. The Kier molecular flexibility index (Phi) is 6.30. The van der Waals surface area contributed by atoms with Gasteiger partial charge < -0.3 is 10.6 Å². The van der Waals surface area contributed by atoms with E-state index < -0.39 is 5.91 Å². The fraction of sp³-hybridized carbons (Fsp3) is 0.200. The van der Waals surface area contributed by atoms with Crippen molar-refractivity contribution < 1.29 is 9.18 Å². The van der Waals surface area contributed by atoms with Gasteiger partial charge in [-0.15, -0.1) is 0 Å². The van der Waals surface area contributed by atoms with Gasteiger partial charge in [0.1, 0.15) is 17.5 Å². The average Bonchev–Trinajstić information content (AvgIpc) is 2.59. The standard InChI is InChI=1S/C20H20FN3O/c1-14(2)16-6-8-19(9-7-16)24-20(25)17(11-22)13-23-12-15-4-3-5-18(21)10-15/h3-10,13-14,23H,12H2,1-2H3,(H,24,25)/b17-13-. The molecule has 0 aromatic heterocycles. The number of anilines is 1. The summed E-state index contributed by atoms with van der Waals surface area (Å²) in [6, 6.07) is 15.5. The molecule has 1 amide bonds. The molecule has 0 aliphatic carbocycles. The van der Waals surface area contributed by atoms with Crippen LogP contribution in [0, 0.1) is 17.1 Å². The van der Waals surface area contributed by atoms with Crippen LogP contribution in [0.4, 0.5) is 10.1 Å². The van der Waals surface area contributed by atoms with Gasteiger partial charge in [0.15, 0.2) is 0 Å². The first-order valence-corrected chi connectivity index (χ1v) is 7.99. The number of nitrogens with one attached hydrogen (secondary N) is 2. The molecule has 0 spiro atoms. The van der Waals surface area contributed by atoms with Gasteiger partial charge in [-0.05, 0) is 41.3 Å². The summed E-state index contributed by atoms with van der Waals surface area (Å²) in [5.74, 6) is -0.413. The maximum Gasteiger partial charge on any atom is 0.267 e. The minimum atomic E-state index is -0.494. The molecule has 25 heavy (non-hydrogen) atoms. The highest BCUT2D eigenvalue weighted by Gasteiger charge is 2.09. The lowest BCUT2D eigenvalue weighted by Gasteiger charge is -2.08. The number of hydrogen-bond donors (Lipinski definition) is 2. The van der Waals surface area contributed by atoms with E-state index in [2.05, 4.69) is 24.5 Å². The Morgan fingerprint density at radius 2 is 1.96 bits per heavy atom. The number of nitrogens with zero attached hydrogens (tertiary/aromatic N) is 1. The third-order valence-electron chi connectivity index (χ3n) is 3.64. The number of halogens is 1. The number of hydrogen-bond acceptors (Lipinski definition) is 3. The highest BCUT2D eigenvalue weighted by atomic mass is 19.1. The monoisotopic (exact) mass is 337 g/mol. The van der Waals surface area contributed by atoms with Crippen molar-refractivity contribution in [3.63, 3.8) is 0 Å². The van der Waals surface area contributed by atoms with E-state index in [1.54, 1.807) is 12.1 Å². The maximum absolute atomic E-state index is 13.1. The van der Waals surface area contributed by atoms with Gasteiger partial charge in [0.05, 0.1) is 0 Å². The smallest absolute Gasteiger partial charge is 0.267 e. The zero-order valence-corrected chi connectivity index (χ0v) is 14.2. The number of carbonyl (C=O) groups excluding carboxylic acids is 1. The van der Waals surface area contributed by atoms with Crippen LogP contribution in [0.25, 0.3) is 0 Å². The number of carbonyl (C=O) groups is 1. The van der Waals surface area contributed by atoms with Crippen molar-refractivity contribution in [2.45, 2.75) is 26.3 Å². The van der Waals surface area contributed by atoms with Gasteiger partial charge in [0.25, 0.3) is 5.91 Å². The molecule has 0 heterocycles. The first-order valence-electron chi connectivity index (χ1n) is 7.99. The Hall–Kier alpha value is -3.13. The van der Waals surface area contributed by atoms with Crippen LogP contribution in [0.3, 0.4) is 0 Å². The summed E-state index contributed by atoms with van der Waals surface area (Å²) in [7, 11) is 0. The summed E-state index contributed by atoms with van der Waals surface area (Å²) < 4.78 is 13.1. The molecule has 0 saturated heterocycles. The second-order valence-corrected chi connectivity index (χ2v) is 5.91. The van der Waals surface area contributed by atoms with Crippen LogP contribution in [0.15, 0.2) is 60.3 Å². The van der Waals surface area contributed by atoms with Crippen LogP contribution in [-0.2, 0) is 11.3 Å². The molecule has 4 nitrogen and oxygen atoms in total. The fourth-order valence-electron chi connectivity index (χ4n) is 2.22. The van der Waals surface area contributed by atoms with Crippen molar-refractivity contribution in [1.29, 1.82) is 5.26 Å². The quantitative estimate of drug-likeness (QED) is 0.616. The van der Waals surface area contributed by atoms with E-state index in [1.165, 1.54) is 23.9 Å². The lowest BCUT2D eigenvalue weighted by atomic mass is 10.0. The zero-order valence-electron chi connectivity index (χ0n) is 14.2. The Balaban J connectivity index is 1.96. The van der Waals surface area contributed by atoms with Crippen molar-refractivity contribution >= 4 is 11.6 Å². The third-order valence-corrected chi connectivity index (χ3v) is 3.64. The van der Waals surface area contributed by atoms with E-state index in [-0.39, 0.29) is 11.4 Å². The molecule has 0 fully saturated rings. The second-order valence-electron chi connectivity index (χ2n) is 5.91. The van der Waals surface area contributed by atoms with E-state index in [0.29, 0.717) is 18.2 Å². The first-order chi connectivity index (χ1) is 12.0. The molecule has 5 heteroatoms. The summed E-state index contributed by atoms with van der Waals surface area (Å²) in [4.78, 5) is 12.2. The van der Waals surface area contributed by atoms with Gasteiger partial charge in [-0.25, -0.2) is 4.39 Å². The molecule has 2 aromatic rings. The van der Waals surface area contributed by atoms with Gasteiger partial charge in [-0.2, -0.15) is 5.26 Å². The average molecular weight is 337 g/mol. The third kappa shape index (κ3) is 5.47. The van der Waals surface area contributed by atoms with Gasteiger partial charge in [0.2, 0.25) is 0 Å². The number of amides is 1. The normalized spacial score (nSPS) is 11.1. The largest absolute Gasteiger partial charge is 0.386 e. The highest BCUT2D eigenvalue weighted by Crippen LogP contribution is 2.17. The summed E-state index contributed by atoms with van der Waals surface area (Å²) >= 11 is 0. The zero-order chi connectivity index (χ0) is 18.2. The maximum atomic E-state index is 13.1. The Labute approximate surface area is 147 Å². The molecule has 0 unspecified atom stereocenters. The van der Waals surface area contributed by atoms with Crippen molar-refractivity contribution in [3.05, 3.63) is 77.2 Å². The molecule has 2 N–H and O–H groups in total. The topological polar surface area (TPSA) is 64.9 Å². The molecule has 0 saturated carbocycles. The Morgan fingerprint density at radius 1 is 1.24 bits per heavy atom. The number of benzene rings is 2. The van der Waals surface area contributed by atoms with E-state index in [0.717, 1.165) is 5.56 Å². The molecule has 2 aromatic carbocycles. The van der Waals surface area contributed by atoms with Crippen LogP contribution in [0.1, 0.15) is 30.9 Å². The van der Waals surface area contributed by atoms with E-state index >= 15 is 0 Å². The van der Waals surface area contributed by atoms with Crippen LogP contribution in [0.5, 0.6) is 0 Å². The first kappa shape index (κ1) is 18.2. The minimum Gasteiger partial charge on any atom is -0.386 e. The minimum absolute atomic E-state index is 0.0515. The molecule has 0 bridgehead atoms. The van der Waals surface area contributed by atoms with Crippen LogP contribution < -0.4 is 10.6 Å². The van der Waals surface area contributed by atoms with Crippen molar-refractivity contribution in [1.82, 2.24) is 5.32 Å². The second kappa shape index (κ2) is 8.65. The van der Waals surface area contributed by atoms with Crippen LogP contribution in [-0.4, -0.2) is 5.91 Å².